The van der Waals surface area contributed by atoms with E-state index >= 15 is 0 Å². The molecule has 8 nitrogen and oxygen atoms in total. The van der Waals surface area contributed by atoms with Gasteiger partial charge in [-0.15, -0.1) is 6.58 Å². The number of nitrogens with zero attached hydrogens (tertiary/aromatic N) is 2. The van der Waals surface area contributed by atoms with Gasteiger partial charge in [-0.3, -0.25) is 9.59 Å². The van der Waals surface area contributed by atoms with Crippen molar-refractivity contribution < 1.29 is 29.0 Å². The van der Waals surface area contributed by atoms with Crippen LogP contribution in [0.2, 0.25) is 0 Å². The molecule has 0 radical (unpaired) electrons. The first-order valence-electron chi connectivity index (χ1n) is 8.37. The Hall–Kier alpha value is -2.09. The number of hydrogen-bond acceptors (Lipinski definition) is 5. The second-order valence-corrected chi connectivity index (χ2v) is 7.30. The molecule has 0 aromatic carbocycles. The smallest absolute Gasteiger partial charge is 0.410 e. The fraction of sp³-hybridized carbons (Fsp3) is 0.706. The van der Waals surface area contributed by atoms with Gasteiger partial charge in [0.1, 0.15) is 11.5 Å². The second-order valence-electron chi connectivity index (χ2n) is 7.30. The van der Waals surface area contributed by atoms with Crippen LogP contribution < -0.4 is 0 Å². The molecule has 0 aliphatic carbocycles. The second kappa shape index (κ2) is 7.43. The minimum Gasteiger partial charge on any atom is -0.481 e. The predicted octanol–water partition coefficient (Wildman–Crippen LogP) is 0.968. The lowest BCUT2D eigenvalue weighted by Gasteiger charge is -2.36. The van der Waals surface area contributed by atoms with E-state index in [-0.39, 0.29) is 12.5 Å². The summed E-state index contributed by atoms with van der Waals surface area (Å²) in [5, 5.41) is 9.39. The molecule has 140 valence electrons. The molecule has 2 rings (SSSR count). The SMILES string of the molecule is C=C[C@H]1OCC(C(=O)N2CCN(C(=O)OC(C)(C)C)CC2)C1C(=O)O. The zero-order chi connectivity index (χ0) is 18.8. The Morgan fingerprint density at radius 3 is 2.20 bits per heavy atom. The maximum Gasteiger partial charge on any atom is 0.410 e. The minimum absolute atomic E-state index is 0.0682. The van der Waals surface area contributed by atoms with Crippen LogP contribution in [0.1, 0.15) is 20.8 Å². The van der Waals surface area contributed by atoms with Gasteiger partial charge < -0.3 is 24.4 Å². The summed E-state index contributed by atoms with van der Waals surface area (Å²) in [4.78, 5) is 39.4. The summed E-state index contributed by atoms with van der Waals surface area (Å²) in [5.41, 5.74) is -0.570. The van der Waals surface area contributed by atoms with E-state index in [1.54, 1.807) is 30.6 Å². The standard InChI is InChI=1S/C17H26N2O6/c1-5-12-13(15(21)22)11(10-24-12)14(20)18-6-8-19(9-7-18)16(23)25-17(2,3)4/h5,11-13H,1,6-10H2,2-4H3,(H,21,22)/t11?,12-,13?/m1/s1. The number of rotatable bonds is 3. The van der Waals surface area contributed by atoms with Gasteiger partial charge in [-0.05, 0) is 20.8 Å². The average molecular weight is 354 g/mol. The van der Waals surface area contributed by atoms with Crippen molar-refractivity contribution in [2.24, 2.45) is 11.8 Å². The molecule has 0 saturated carbocycles. The van der Waals surface area contributed by atoms with Crippen LogP contribution in [-0.2, 0) is 19.1 Å². The number of amides is 2. The number of carboxylic acids is 1. The maximum absolute atomic E-state index is 12.7. The molecule has 0 bridgehead atoms. The summed E-state index contributed by atoms with van der Waals surface area (Å²) in [6.07, 6.45) is 0.361. The first kappa shape index (κ1) is 19.2. The fourth-order valence-electron chi connectivity index (χ4n) is 3.07. The van der Waals surface area contributed by atoms with E-state index < -0.39 is 35.6 Å². The van der Waals surface area contributed by atoms with Crippen molar-refractivity contribution >= 4 is 18.0 Å². The number of carbonyl (C=O) groups excluding carboxylic acids is 2. The number of carboxylic acid groups (broad SMARTS) is 1. The summed E-state index contributed by atoms with van der Waals surface area (Å²) in [5.74, 6) is -2.96. The molecular formula is C17H26N2O6. The van der Waals surface area contributed by atoms with Crippen LogP contribution in [0.5, 0.6) is 0 Å². The highest BCUT2D eigenvalue weighted by Crippen LogP contribution is 2.30. The Balaban J connectivity index is 1.94. The largest absolute Gasteiger partial charge is 0.481 e. The molecule has 25 heavy (non-hydrogen) atoms. The molecule has 2 amide bonds. The Bertz CT molecular complexity index is 548. The van der Waals surface area contributed by atoms with Gasteiger partial charge in [0.05, 0.1) is 18.6 Å². The Morgan fingerprint density at radius 1 is 1.16 bits per heavy atom. The molecule has 2 heterocycles. The lowest BCUT2D eigenvalue weighted by molar-refractivity contribution is -0.149. The van der Waals surface area contributed by atoms with Gasteiger partial charge in [0, 0.05) is 26.2 Å². The molecule has 0 aromatic heterocycles. The van der Waals surface area contributed by atoms with Gasteiger partial charge in [-0.1, -0.05) is 6.08 Å². The fourth-order valence-corrected chi connectivity index (χ4v) is 3.07. The average Bonchev–Trinajstić information content (AvgIpc) is 2.97. The third-order valence-electron chi connectivity index (χ3n) is 4.33. The van der Waals surface area contributed by atoms with E-state index in [0.29, 0.717) is 26.2 Å². The Labute approximate surface area is 147 Å². The van der Waals surface area contributed by atoms with Crippen LogP contribution in [0.15, 0.2) is 12.7 Å². The van der Waals surface area contributed by atoms with Gasteiger partial charge in [0.15, 0.2) is 0 Å². The number of ether oxygens (including phenoxy) is 2. The minimum atomic E-state index is -1.06. The van der Waals surface area contributed by atoms with Crippen molar-refractivity contribution in [3.8, 4) is 0 Å². The van der Waals surface area contributed by atoms with Crippen LogP contribution in [0.3, 0.4) is 0 Å². The normalized spacial score (nSPS) is 27.1. The topological polar surface area (TPSA) is 96.4 Å². The number of aliphatic carboxylic acids is 1. The quantitative estimate of drug-likeness (QED) is 0.759. The molecule has 2 unspecified atom stereocenters. The Kier molecular flexibility index (Phi) is 5.72. The molecular weight excluding hydrogens is 328 g/mol. The van der Waals surface area contributed by atoms with Crippen LogP contribution in [-0.4, -0.2) is 77.4 Å². The molecule has 2 saturated heterocycles. The lowest BCUT2D eigenvalue weighted by Crippen LogP contribution is -2.53. The van der Waals surface area contributed by atoms with Crippen molar-refractivity contribution in [1.29, 1.82) is 0 Å². The van der Waals surface area contributed by atoms with Crippen molar-refractivity contribution in [2.45, 2.75) is 32.5 Å². The first-order valence-corrected chi connectivity index (χ1v) is 8.37. The summed E-state index contributed by atoms with van der Waals surface area (Å²) < 4.78 is 10.7. The highest BCUT2D eigenvalue weighted by Gasteiger charge is 2.46. The summed E-state index contributed by atoms with van der Waals surface area (Å²) in [6.45, 7) is 10.4. The molecule has 0 spiro atoms. The zero-order valence-corrected chi connectivity index (χ0v) is 14.9. The molecule has 3 atom stereocenters. The molecule has 1 N–H and O–H groups in total. The predicted molar refractivity (Wildman–Crippen MR) is 88.9 cm³/mol. The first-order chi connectivity index (χ1) is 11.6. The van der Waals surface area contributed by atoms with Crippen molar-refractivity contribution in [3.05, 3.63) is 12.7 Å². The van der Waals surface area contributed by atoms with Crippen molar-refractivity contribution in [3.63, 3.8) is 0 Å². The lowest BCUT2D eigenvalue weighted by atomic mass is 9.89. The van der Waals surface area contributed by atoms with E-state index in [2.05, 4.69) is 6.58 Å². The van der Waals surface area contributed by atoms with E-state index in [9.17, 15) is 19.5 Å². The maximum atomic E-state index is 12.7. The number of carbonyl (C=O) groups is 3. The zero-order valence-electron chi connectivity index (χ0n) is 14.9. The van der Waals surface area contributed by atoms with Gasteiger partial charge in [0.2, 0.25) is 5.91 Å². The molecule has 2 aliphatic rings. The van der Waals surface area contributed by atoms with Gasteiger partial charge >= 0.3 is 12.1 Å². The summed E-state index contributed by atoms with van der Waals surface area (Å²) in [6, 6.07) is 0. The summed E-state index contributed by atoms with van der Waals surface area (Å²) >= 11 is 0. The molecule has 2 fully saturated rings. The monoisotopic (exact) mass is 354 g/mol. The summed E-state index contributed by atoms with van der Waals surface area (Å²) in [7, 11) is 0. The van der Waals surface area contributed by atoms with Crippen LogP contribution >= 0.6 is 0 Å². The van der Waals surface area contributed by atoms with E-state index in [1.165, 1.54) is 6.08 Å². The van der Waals surface area contributed by atoms with E-state index in [4.69, 9.17) is 9.47 Å². The Morgan fingerprint density at radius 2 is 1.72 bits per heavy atom. The highest BCUT2D eigenvalue weighted by atomic mass is 16.6. The van der Waals surface area contributed by atoms with Gasteiger partial charge in [-0.2, -0.15) is 0 Å². The number of hydrogen-bond donors (Lipinski definition) is 1. The molecule has 0 aromatic rings. The van der Waals surface area contributed by atoms with Crippen molar-refractivity contribution in [1.82, 2.24) is 9.80 Å². The van der Waals surface area contributed by atoms with E-state index in [1.807, 2.05) is 0 Å². The van der Waals surface area contributed by atoms with E-state index in [0.717, 1.165) is 0 Å². The highest BCUT2D eigenvalue weighted by molar-refractivity contribution is 5.86. The number of piperazine rings is 1. The van der Waals surface area contributed by atoms with Gasteiger partial charge in [0.25, 0.3) is 0 Å². The third kappa shape index (κ3) is 4.50. The molecule has 2 aliphatic heterocycles. The van der Waals surface area contributed by atoms with Gasteiger partial charge in [-0.25, -0.2) is 4.79 Å². The molecule has 8 heteroatoms. The van der Waals surface area contributed by atoms with Crippen LogP contribution in [0.4, 0.5) is 4.79 Å². The van der Waals surface area contributed by atoms with Crippen LogP contribution in [0.25, 0.3) is 0 Å². The van der Waals surface area contributed by atoms with Crippen LogP contribution in [0, 0.1) is 11.8 Å². The third-order valence-corrected chi connectivity index (χ3v) is 4.33. The van der Waals surface area contributed by atoms with Crippen molar-refractivity contribution in [2.75, 3.05) is 32.8 Å².